The Morgan fingerprint density at radius 3 is 2.82 bits per heavy atom. The molecule has 0 amide bonds. The van der Waals surface area contributed by atoms with Crippen LogP contribution in [0.15, 0.2) is 61.1 Å². The molecule has 0 spiro atoms. The number of hydrogen-bond donors (Lipinski definition) is 3. The number of rotatable bonds is 5. The lowest BCUT2D eigenvalue weighted by atomic mass is 10.00. The van der Waals surface area contributed by atoms with Crippen LogP contribution in [-0.4, -0.2) is 54.8 Å². The van der Waals surface area contributed by atoms with Crippen LogP contribution in [0.2, 0.25) is 0 Å². The molecule has 4 heterocycles. The summed E-state index contributed by atoms with van der Waals surface area (Å²) in [5.41, 5.74) is 5.86. The Morgan fingerprint density at radius 2 is 1.94 bits per heavy atom. The van der Waals surface area contributed by atoms with E-state index in [1.807, 2.05) is 18.3 Å². The van der Waals surface area contributed by atoms with Gasteiger partial charge in [0.2, 0.25) is 11.7 Å². The van der Waals surface area contributed by atoms with E-state index in [4.69, 9.17) is 9.72 Å². The maximum absolute atomic E-state index is 6.08. The molecule has 9 heteroatoms. The summed E-state index contributed by atoms with van der Waals surface area (Å²) in [7, 11) is 0. The number of nitrogens with zero attached hydrogens (tertiary/aromatic N) is 5. The van der Waals surface area contributed by atoms with E-state index >= 15 is 0 Å². The van der Waals surface area contributed by atoms with E-state index in [0.717, 1.165) is 64.8 Å². The Morgan fingerprint density at radius 1 is 1.00 bits per heavy atom. The van der Waals surface area contributed by atoms with Gasteiger partial charge < -0.3 is 15.0 Å². The highest BCUT2D eigenvalue weighted by atomic mass is 16.5. The molecule has 164 valence electrons. The molecule has 0 bridgehead atoms. The Bertz CT molecular complexity index is 1390. The van der Waals surface area contributed by atoms with Crippen LogP contribution in [0.1, 0.15) is 12.8 Å². The van der Waals surface area contributed by atoms with Crippen LogP contribution in [0.5, 0.6) is 5.88 Å². The van der Waals surface area contributed by atoms with Crippen LogP contribution in [0, 0.1) is 0 Å². The van der Waals surface area contributed by atoms with E-state index in [0.29, 0.717) is 11.7 Å². The monoisotopic (exact) mass is 438 g/mol. The number of hydrogen-bond acceptors (Lipinski definition) is 7. The zero-order valence-corrected chi connectivity index (χ0v) is 17.8. The van der Waals surface area contributed by atoms with Crippen molar-refractivity contribution in [3.05, 3.63) is 61.1 Å². The van der Waals surface area contributed by atoms with Gasteiger partial charge >= 0.3 is 0 Å². The van der Waals surface area contributed by atoms with Crippen LogP contribution in [0.25, 0.3) is 44.7 Å². The van der Waals surface area contributed by atoms with Gasteiger partial charge in [-0.1, -0.05) is 24.3 Å². The molecule has 1 fully saturated rings. The molecule has 1 saturated heterocycles. The third-order valence-electron chi connectivity index (χ3n) is 5.91. The highest BCUT2D eigenvalue weighted by Gasteiger charge is 2.16. The van der Waals surface area contributed by atoms with Crippen molar-refractivity contribution >= 4 is 10.9 Å². The van der Waals surface area contributed by atoms with Crippen molar-refractivity contribution in [2.24, 2.45) is 0 Å². The van der Waals surface area contributed by atoms with E-state index in [9.17, 15) is 0 Å². The number of benzene rings is 2. The normalized spacial score (nSPS) is 16.2. The Labute approximate surface area is 189 Å². The third-order valence-corrected chi connectivity index (χ3v) is 5.91. The van der Waals surface area contributed by atoms with Gasteiger partial charge in [0.1, 0.15) is 6.10 Å². The molecule has 2 aromatic carbocycles. The van der Waals surface area contributed by atoms with Crippen molar-refractivity contribution in [1.82, 2.24) is 40.9 Å². The van der Waals surface area contributed by atoms with Crippen molar-refractivity contribution in [1.29, 1.82) is 0 Å². The highest BCUT2D eigenvalue weighted by molar-refractivity contribution is 5.97. The van der Waals surface area contributed by atoms with E-state index in [1.54, 1.807) is 12.4 Å². The SMILES string of the molecule is c1cc(-c2ccc3[nH]cc(-c4cncc(O[C@@H]5CCCNC5)n4)c3c2)cc(-c2nn[nH]n2)c1. The van der Waals surface area contributed by atoms with Gasteiger partial charge in [-0.3, -0.25) is 4.98 Å². The molecule has 1 atom stereocenters. The number of tetrazole rings is 1. The fourth-order valence-corrected chi connectivity index (χ4v) is 4.26. The maximum Gasteiger partial charge on any atom is 0.233 e. The molecule has 6 rings (SSSR count). The molecule has 5 aromatic rings. The maximum atomic E-state index is 6.08. The quantitative estimate of drug-likeness (QED) is 0.384. The van der Waals surface area contributed by atoms with Crippen molar-refractivity contribution in [3.63, 3.8) is 0 Å². The zero-order chi connectivity index (χ0) is 22.0. The third kappa shape index (κ3) is 3.94. The molecule has 1 aliphatic heterocycles. The minimum Gasteiger partial charge on any atom is -0.472 e. The second-order valence-corrected chi connectivity index (χ2v) is 8.11. The van der Waals surface area contributed by atoms with Crippen molar-refractivity contribution in [2.45, 2.75) is 18.9 Å². The topological polar surface area (TPSA) is 117 Å². The lowest BCUT2D eigenvalue weighted by Gasteiger charge is -2.23. The molecular formula is C24H22N8O. The Balaban J connectivity index is 1.34. The average Bonchev–Trinajstić information content (AvgIpc) is 3.55. The fourth-order valence-electron chi connectivity index (χ4n) is 4.26. The first kappa shape index (κ1) is 19.6. The summed E-state index contributed by atoms with van der Waals surface area (Å²) in [4.78, 5) is 12.5. The number of H-pyrrole nitrogens is 2. The fraction of sp³-hybridized carbons (Fsp3) is 0.208. The molecule has 0 aliphatic carbocycles. The van der Waals surface area contributed by atoms with Gasteiger partial charge in [-0.25, -0.2) is 4.98 Å². The smallest absolute Gasteiger partial charge is 0.233 e. The van der Waals surface area contributed by atoms with E-state index in [2.05, 4.69) is 66.2 Å². The second kappa shape index (κ2) is 8.44. The number of aromatic nitrogens is 7. The van der Waals surface area contributed by atoms with Gasteiger partial charge in [0.05, 0.1) is 18.1 Å². The predicted molar refractivity (Wildman–Crippen MR) is 124 cm³/mol. The van der Waals surface area contributed by atoms with Crippen molar-refractivity contribution in [3.8, 4) is 39.7 Å². The molecule has 9 nitrogen and oxygen atoms in total. The van der Waals surface area contributed by atoms with Gasteiger partial charge in [0.25, 0.3) is 0 Å². The molecule has 0 saturated carbocycles. The number of nitrogens with one attached hydrogen (secondary N) is 3. The van der Waals surface area contributed by atoms with Gasteiger partial charge in [0, 0.05) is 34.8 Å². The predicted octanol–water partition coefficient (Wildman–Crippen LogP) is 3.60. The first-order valence-corrected chi connectivity index (χ1v) is 11.0. The Kier molecular flexibility index (Phi) is 5.00. The van der Waals surface area contributed by atoms with Gasteiger partial charge in [-0.05, 0) is 53.9 Å². The molecular weight excluding hydrogens is 416 g/mol. The number of piperidine rings is 1. The lowest BCUT2D eigenvalue weighted by Crippen LogP contribution is -2.37. The van der Waals surface area contributed by atoms with Crippen LogP contribution in [0.4, 0.5) is 0 Å². The van der Waals surface area contributed by atoms with Gasteiger partial charge in [0.15, 0.2) is 0 Å². The largest absolute Gasteiger partial charge is 0.472 e. The Hall–Kier alpha value is -4.11. The first-order chi connectivity index (χ1) is 16.3. The van der Waals surface area contributed by atoms with Crippen LogP contribution < -0.4 is 10.1 Å². The van der Waals surface area contributed by atoms with E-state index < -0.39 is 0 Å². The lowest BCUT2D eigenvalue weighted by molar-refractivity contribution is 0.160. The van der Waals surface area contributed by atoms with Gasteiger partial charge in [-0.15, -0.1) is 10.2 Å². The molecule has 0 radical (unpaired) electrons. The molecule has 1 aliphatic rings. The standard InChI is InChI=1S/C24H22N8O/c1-3-15(9-17(4-1)24-29-31-32-30-24)16-6-7-21-19(10-16)20(12-27-21)22-13-26-14-23(28-22)33-18-5-2-8-25-11-18/h1,3-4,6-7,9-10,12-14,18,25,27H,2,5,8,11H2,(H,29,30,31,32)/t18-/m1/s1. The second-order valence-electron chi connectivity index (χ2n) is 8.11. The summed E-state index contributed by atoms with van der Waals surface area (Å²) in [6.45, 7) is 1.88. The van der Waals surface area contributed by atoms with E-state index in [-0.39, 0.29) is 6.10 Å². The summed E-state index contributed by atoms with van der Waals surface area (Å²) in [6, 6.07) is 14.4. The summed E-state index contributed by atoms with van der Waals surface area (Å²) in [5, 5.41) is 18.8. The number of fused-ring (bicyclic) bond motifs is 1. The zero-order valence-electron chi connectivity index (χ0n) is 17.8. The first-order valence-electron chi connectivity index (χ1n) is 11.0. The van der Waals surface area contributed by atoms with Gasteiger partial charge in [-0.2, -0.15) is 5.21 Å². The van der Waals surface area contributed by atoms with Crippen LogP contribution in [-0.2, 0) is 0 Å². The number of aromatic amines is 2. The molecule has 3 N–H and O–H groups in total. The summed E-state index contributed by atoms with van der Waals surface area (Å²) in [6.07, 6.45) is 7.69. The van der Waals surface area contributed by atoms with Crippen LogP contribution >= 0.6 is 0 Å². The highest BCUT2D eigenvalue weighted by Crippen LogP contribution is 2.32. The summed E-state index contributed by atoms with van der Waals surface area (Å²) < 4.78 is 6.08. The minimum atomic E-state index is 0.129. The molecule has 0 unspecified atom stereocenters. The van der Waals surface area contributed by atoms with Crippen LogP contribution in [0.3, 0.4) is 0 Å². The van der Waals surface area contributed by atoms with Crippen molar-refractivity contribution < 1.29 is 4.74 Å². The molecule has 33 heavy (non-hydrogen) atoms. The summed E-state index contributed by atoms with van der Waals surface area (Å²) in [5.74, 6) is 1.13. The molecule has 3 aromatic heterocycles. The number of ether oxygens (including phenoxy) is 1. The van der Waals surface area contributed by atoms with Crippen molar-refractivity contribution in [2.75, 3.05) is 13.1 Å². The minimum absolute atomic E-state index is 0.129. The summed E-state index contributed by atoms with van der Waals surface area (Å²) >= 11 is 0. The van der Waals surface area contributed by atoms with E-state index in [1.165, 1.54) is 0 Å². The average molecular weight is 438 g/mol.